The van der Waals surface area contributed by atoms with Gasteiger partial charge in [-0.25, -0.2) is 0 Å². The lowest BCUT2D eigenvalue weighted by molar-refractivity contribution is -0.384. The van der Waals surface area contributed by atoms with E-state index in [2.05, 4.69) is 0 Å². The number of nitro benzene ring substituents is 1. The standard InChI is InChI=1S/C20H24N2O6/c1-26-18-10-16(11-19(12-18)27-2)13-21(14-20(23)28-3)9-8-15-4-6-17(7-5-15)22(24)25/h4-7,10-12H,8-9,13-14H2,1-3H3. The number of methoxy groups -OCH3 is 3. The Bertz CT molecular complexity index is 785. The van der Waals surface area contributed by atoms with Crippen molar-refractivity contribution in [2.24, 2.45) is 0 Å². The lowest BCUT2D eigenvalue weighted by Crippen LogP contribution is -2.32. The van der Waals surface area contributed by atoms with Gasteiger partial charge in [0.05, 0.1) is 32.8 Å². The van der Waals surface area contributed by atoms with Gasteiger partial charge in [-0.1, -0.05) is 12.1 Å². The van der Waals surface area contributed by atoms with Crippen molar-refractivity contribution in [2.75, 3.05) is 34.4 Å². The van der Waals surface area contributed by atoms with E-state index in [0.29, 0.717) is 31.0 Å². The van der Waals surface area contributed by atoms with Gasteiger partial charge >= 0.3 is 5.97 Å². The minimum atomic E-state index is -0.427. The van der Waals surface area contributed by atoms with Crippen LogP contribution in [-0.4, -0.2) is 50.2 Å². The van der Waals surface area contributed by atoms with Crippen LogP contribution in [0.4, 0.5) is 5.69 Å². The van der Waals surface area contributed by atoms with Gasteiger partial charge in [0, 0.05) is 31.3 Å². The Morgan fingerprint density at radius 1 is 1.00 bits per heavy atom. The smallest absolute Gasteiger partial charge is 0.319 e. The second-order valence-corrected chi connectivity index (χ2v) is 6.18. The Hall–Kier alpha value is -3.13. The van der Waals surface area contributed by atoms with Gasteiger partial charge in [0.2, 0.25) is 0 Å². The maximum Gasteiger partial charge on any atom is 0.319 e. The fraction of sp³-hybridized carbons (Fsp3) is 0.350. The zero-order valence-electron chi connectivity index (χ0n) is 16.2. The third-order valence-electron chi connectivity index (χ3n) is 4.26. The van der Waals surface area contributed by atoms with Crippen LogP contribution in [0.15, 0.2) is 42.5 Å². The SMILES string of the molecule is COC(=O)CN(CCc1ccc([N+](=O)[O-])cc1)Cc1cc(OC)cc(OC)c1. The molecule has 0 N–H and O–H groups in total. The molecule has 0 saturated heterocycles. The third-order valence-corrected chi connectivity index (χ3v) is 4.26. The van der Waals surface area contributed by atoms with Crippen molar-refractivity contribution in [3.05, 3.63) is 63.7 Å². The fourth-order valence-electron chi connectivity index (χ4n) is 2.75. The highest BCUT2D eigenvalue weighted by Gasteiger charge is 2.14. The van der Waals surface area contributed by atoms with Crippen molar-refractivity contribution in [1.82, 2.24) is 4.90 Å². The molecule has 0 bridgehead atoms. The highest BCUT2D eigenvalue weighted by Crippen LogP contribution is 2.23. The molecule has 0 fully saturated rings. The average Bonchev–Trinajstić information content (AvgIpc) is 2.71. The van der Waals surface area contributed by atoms with Gasteiger partial charge < -0.3 is 14.2 Å². The minimum Gasteiger partial charge on any atom is -0.497 e. The van der Waals surface area contributed by atoms with Crippen LogP contribution in [0.1, 0.15) is 11.1 Å². The summed E-state index contributed by atoms with van der Waals surface area (Å²) in [5.74, 6) is 1.00. The number of hydrogen-bond acceptors (Lipinski definition) is 7. The Labute approximate surface area is 163 Å². The lowest BCUT2D eigenvalue weighted by Gasteiger charge is -2.22. The number of nitro groups is 1. The van der Waals surface area contributed by atoms with Crippen molar-refractivity contribution in [2.45, 2.75) is 13.0 Å². The van der Waals surface area contributed by atoms with Crippen molar-refractivity contribution < 1.29 is 23.9 Å². The summed E-state index contributed by atoms with van der Waals surface area (Å²) in [7, 11) is 4.52. The second-order valence-electron chi connectivity index (χ2n) is 6.18. The number of nitrogens with zero attached hydrogens (tertiary/aromatic N) is 2. The number of ether oxygens (including phenoxy) is 3. The first kappa shape index (κ1) is 21.2. The van der Waals surface area contributed by atoms with Crippen LogP contribution < -0.4 is 9.47 Å². The third kappa shape index (κ3) is 6.24. The molecule has 0 aromatic heterocycles. The second kappa shape index (κ2) is 10.3. The van der Waals surface area contributed by atoms with Crippen LogP contribution in [0.3, 0.4) is 0 Å². The molecule has 2 aromatic rings. The summed E-state index contributed by atoms with van der Waals surface area (Å²) in [4.78, 5) is 24.1. The molecule has 0 amide bonds. The first-order valence-electron chi connectivity index (χ1n) is 8.69. The molecular weight excluding hydrogens is 364 g/mol. The van der Waals surface area contributed by atoms with Crippen molar-refractivity contribution in [3.8, 4) is 11.5 Å². The number of hydrogen-bond donors (Lipinski definition) is 0. The first-order valence-corrected chi connectivity index (χ1v) is 8.69. The Kier molecular flexibility index (Phi) is 7.76. The van der Waals surface area contributed by atoms with Crippen LogP contribution in [-0.2, 0) is 22.5 Å². The van der Waals surface area contributed by atoms with E-state index >= 15 is 0 Å². The molecular formula is C20H24N2O6. The summed E-state index contributed by atoms with van der Waals surface area (Å²) in [5.41, 5.74) is 1.94. The predicted octanol–water partition coefficient (Wildman–Crippen LogP) is 2.83. The monoisotopic (exact) mass is 388 g/mol. The molecule has 0 aliphatic carbocycles. The van der Waals surface area contributed by atoms with E-state index in [-0.39, 0.29) is 18.2 Å². The van der Waals surface area contributed by atoms with Gasteiger partial charge in [0.1, 0.15) is 11.5 Å². The van der Waals surface area contributed by atoms with Gasteiger partial charge in [-0.2, -0.15) is 0 Å². The number of rotatable bonds is 10. The molecule has 8 heteroatoms. The molecule has 2 aromatic carbocycles. The maximum atomic E-state index is 11.8. The predicted molar refractivity (Wildman–Crippen MR) is 104 cm³/mol. The van der Waals surface area contributed by atoms with Crippen molar-refractivity contribution >= 4 is 11.7 Å². The van der Waals surface area contributed by atoms with Gasteiger partial charge in [0.25, 0.3) is 5.69 Å². The van der Waals surface area contributed by atoms with Crippen LogP contribution in [0.25, 0.3) is 0 Å². The van der Waals surface area contributed by atoms with E-state index in [1.54, 1.807) is 32.4 Å². The Morgan fingerprint density at radius 3 is 2.11 bits per heavy atom. The number of carbonyl (C=O) groups is 1. The van der Waals surface area contributed by atoms with E-state index in [1.807, 2.05) is 17.0 Å². The molecule has 0 heterocycles. The van der Waals surface area contributed by atoms with E-state index in [1.165, 1.54) is 19.2 Å². The van der Waals surface area contributed by atoms with Crippen molar-refractivity contribution in [3.63, 3.8) is 0 Å². The van der Waals surface area contributed by atoms with E-state index in [0.717, 1.165) is 11.1 Å². The number of esters is 1. The molecule has 28 heavy (non-hydrogen) atoms. The first-order chi connectivity index (χ1) is 13.4. The Morgan fingerprint density at radius 2 is 1.61 bits per heavy atom. The maximum absolute atomic E-state index is 11.8. The highest BCUT2D eigenvalue weighted by molar-refractivity contribution is 5.71. The summed E-state index contributed by atoms with van der Waals surface area (Å²) in [6.07, 6.45) is 0.635. The van der Waals surface area contributed by atoms with Gasteiger partial charge in [-0.05, 0) is 29.7 Å². The zero-order valence-corrected chi connectivity index (χ0v) is 16.2. The van der Waals surface area contributed by atoms with Crippen LogP contribution >= 0.6 is 0 Å². The lowest BCUT2D eigenvalue weighted by atomic mass is 10.1. The van der Waals surface area contributed by atoms with Crippen molar-refractivity contribution in [1.29, 1.82) is 0 Å². The average molecular weight is 388 g/mol. The minimum absolute atomic E-state index is 0.0543. The highest BCUT2D eigenvalue weighted by atomic mass is 16.6. The summed E-state index contributed by atoms with van der Waals surface area (Å²) < 4.78 is 15.4. The summed E-state index contributed by atoms with van der Waals surface area (Å²) in [6.45, 7) is 1.20. The summed E-state index contributed by atoms with van der Waals surface area (Å²) >= 11 is 0. The van der Waals surface area contributed by atoms with Gasteiger partial charge in [-0.15, -0.1) is 0 Å². The van der Waals surface area contributed by atoms with Crippen LogP contribution in [0.5, 0.6) is 11.5 Å². The van der Waals surface area contributed by atoms with Crippen LogP contribution in [0, 0.1) is 10.1 Å². The molecule has 0 radical (unpaired) electrons. The Balaban J connectivity index is 2.11. The molecule has 0 atom stereocenters. The van der Waals surface area contributed by atoms with Crippen LogP contribution in [0.2, 0.25) is 0 Å². The normalized spacial score (nSPS) is 10.6. The van der Waals surface area contributed by atoms with E-state index in [4.69, 9.17) is 14.2 Å². The van der Waals surface area contributed by atoms with E-state index in [9.17, 15) is 14.9 Å². The number of benzene rings is 2. The molecule has 0 aliphatic rings. The van der Waals surface area contributed by atoms with Gasteiger partial charge in [0.15, 0.2) is 0 Å². The number of carbonyl (C=O) groups excluding carboxylic acids is 1. The summed E-state index contributed by atoms with van der Waals surface area (Å²) in [5, 5.41) is 10.8. The summed E-state index contributed by atoms with van der Waals surface area (Å²) in [6, 6.07) is 12.0. The molecule has 150 valence electrons. The van der Waals surface area contributed by atoms with Gasteiger partial charge in [-0.3, -0.25) is 19.8 Å². The fourth-order valence-corrected chi connectivity index (χ4v) is 2.75. The largest absolute Gasteiger partial charge is 0.497 e. The molecule has 0 spiro atoms. The molecule has 8 nitrogen and oxygen atoms in total. The topological polar surface area (TPSA) is 91.1 Å². The molecule has 2 rings (SSSR count). The zero-order chi connectivity index (χ0) is 20.5. The number of non-ortho nitro benzene ring substituents is 1. The molecule has 0 aliphatic heterocycles. The molecule has 0 saturated carbocycles. The quantitative estimate of drug-likeness (QED) is 0.351. The van der Waals surface area contributed by atoms with E-state index < -0.39 is 4.92 Å². The molecule has 0 unspecified atom stereocenters.